The van der Waals surface area contributed by atoms with Crippen LogP contribution in [0.4, 0.5) is 0 Å². The van der Waals surface area contributed by atoms with Crippen LogP contribution < -0.4 is 15.2 Å². The van der Waals surface area contributed by atoms with Crippen molar-refractivity contribution in [2.75, 3.05) is 7.11 Å². The third-order valence-electron chi connectivity index (χ3n) is 4.51. The van der Waals surface area contributed by atoms with E-state index in [-0.39, 0.29) is 5.88 Å². The minimum Gasteiger partial charge on any atom is -0.496 e. The van der Waals surface area contributed by atoms with E-state index in [1.54, 1.807) is 7.11 Å². The molecule has 0 fully saturated rings. The van der Waals surface area contributed by atoms with Crippen molar-refractivity contribution in [1.29, 1.82) is 5.26 Å². The summed E-state index contributed by atoms with van der Waals surface area (Å²) in [5, 5.41) is 17.1. The maximum absolute atomic E-state index is 9.75. The average Bonchev–Trinajstić information content (AvgIpc) is 3.10. The number of H-pyrrole nitrogens is 1. The lowest BCUT2D eigenvalue weighted by atomic mass is 9.83. The van der Waals surface area contributed by atoms with Crippen molar-refractivity contribution in [2.24, 2.45) is 5.73 Å². The summed E-state index contributed by atoms with van der Waals surface area (Å²) < 4.78 is 11.7. The average molecular weight is 423 g/mol. The molecule has 2 aromatic carbocycles. The van der Waals surface area contributed by atoms with Gasteiger partial charge in [-0.05, 0) is 39.2 Å². The van der Waals surface area contributed by atoms with E-state index in [0.29, 0.717) is 17.2 Å². The number of nitrogens with two attached hydrogens (primary N) is 1. The number of allylic oxidation sites excluding steroid dienone is 1. The van der Waals surface area contributed by atoms with Crippen LogP contribution >= 0.6 is 15.9 Å². The van der Waals surface area contributed by atoms with E-state index in [0.717, 1.165) is 26.9 Å². The summed E-state index contributed by atoms with van der Waals surface area (Å²) in [6.45, 7) is 0. The number of benzene rings is 2. The summed E-state index contributed by atoms with van der Waals surface area (Å²) in [5.41, 5.74) is 9.77. The summed E-state index contributed by atoms with van der Waals surface area (Å²) in [6, 6.07) is 17.7. The lowest BCUT2D eigenvalue weighted by molar-refractivity contribution is 0.379. The molecule has 0 bridgehead atoms. The van der Waals surface area contributed by atoms with E-state index < -0.39 is 5.92 Å². The zero-order valence-electron chi connectivity index (χ0n) is 14.4. The Morgan fingerprint density at radius 1 is 1.26 bits per heavy atom. The number of ether oxygens (including phenoxy) is 2. The number of nitrogens with one attached hydrogen (secondary N) is 1. The Bertz CT molecular complexity index is 1080. The third kappa shape index (κ3) is 2.84. The molecule has 1 aromatic heterocycles. The first-order chi connectivity index (χ1) is 13.1. The molecule has 2 heterocycles. The van der Waals surface area contributed by atoms with Gasteiger partial charge in [0.1, 0.15) is 17.4 Å². The Morgan fingerprint density at radius 2 is 2.04 bits per heavy atom. The molecule has 6 nitrogen and oxygen atoms in total. The fourth-order valence-electron chi connectivity index (χ4n) is 3.27. The Morgan fingerprint density at radius 3 is 2.70 bits per heavy atom. The fourth-order valence-corrected chi connectivity index (χ4v) is 3.82. The van der Waals surface area contributed by atoms with Gasteiger partial charge in [0.25, 0.3) is 0 Å². The number of nitrogens with zero attached hydrogens (tertiary/aromatic N) is 2. The Kier molecular flexibility index (Phi) is 4.34. The molecule has 0 unspecified atom stereocenters. The molecule has 1 aliphatic rings. The summed E-state index contributed by atoms with van der Waals surface area (Å²) in [4.78, 5) is 0. The first-order valence-corrected chi connectivity index (χ1v) is 8.98. The minimum absolute atomic E-state index is 0.0630. The van der Waals surface area contributed by atoms with E-state index in [1.807, 2.05) is 48.5 Å². The van der Waals surface area contributed by atoms with Gasteiger partial charge in [0, 0.05) is 0 Å². The van der Waals surface area contributed by atoms with E-state index in [9.17, 15) is 5.26 Å². The number of halogens is 1. The van der Waals surface area contributed by atoms with Crippen LogP contribution in [0, 0.1) is 11.3 Å². The smallest absolute Gasteiger partial charge is 0.244 e. The minimum atomic E-state index is -0.407. The zero-order chi connectivity index (χ0) is 19.0. The van der Waals surface area contributed by atoms with Gasteiger partial charge in [-0.3, -0.25) is 5.10 Å². The number of methoxy groups -OCH3 is 1. The number of hydrogen-bond donors (Lipinski definition) is 2. The summed E-state index contributed by atoms with van der Waals surface area (Å²) >= 11 is 3.52. The maximum Gasteiger partial charge on any atom is 0.244 e. The quantitative estimate of drug-likeness (QED) is 0.662. The number of aromatic nitrogens is 2. The van der Waals surface area contributed by atoms with Gasteiger partial charge in [0.15, 0.2) is 0 Å². The number of rotatable bonds is 3. The molecule has 3 N–H and O–H groups in total. The monoisotopic (exact) mass is 422 g/mol. The number of fused-ring (bicyclic) bond motifs is 1. The SMILES string of the molecule is COc1ccc([C@@H]2C(C#N)=C(N)Oc3n[nH]c(-c4ccccc4)c32)cc1Br. The molecule has 7 heteroatoms. The van der Waals surface area contributed by atoms with Gasteiger partial charge in [0.2, 0.25) is 11.8 Å². The molecule has 0 saturated heterocycles. The molecule has 0 amide bonds. The second-order valence-electron chi connectivity index (χ2n) is 6.00. The topological polar surface area (TPSA) is 96.9 Å². The highest BCUT2D eigenvalue weighted by atomic mass is 79.9. The molecule has 3 aromatic rings. The zero-order valence-corrected chi connectivity index (χ0v) is 15.9. The van der Waals surface area contributed by atoms with Gasteiger partial charge >= 0.3 is 0 Å². The Labute approximate surface area is 164 Å². The highest BCUT2D eigenvalue weighted by Crippen LogP contribution is 2.46. The molecule has 27 heavy (non-hydrogen) atoms. The molecular weight excluding hydrogens is 408 g/mol. The molecule has 4 rings (SSSR count). The molecule has 0 aliphatic carbocycles. The van der Waals surface area contributed by atoms with Crippen LogP contribution in [-0.4, -0.2) is 17.3 Å². The standard InChI is InChI=1S/C20H15BrN4O2/c1-26-15-8-7-12(9-14(15)21)16-13(10-22)19(23)27-20-17(16)18(24-25-20)11-5-3-2-4-6-11/h2-9,16H,23H2,1H3,(H,24,25)/t16-/m1/s1. The largest absolute Gasteiger partial charge is 0.496 e. The van der Waals surface area contributed by atoms with Crippen LogP contribution in [0.25, 0.3) is 11.3 Å². The number of nitriles is 1. The van der Waals surface area contributed by atoms with Crippen molar-refractivity contribution in [1.82, 2.24) is 10.2 Å². The predicted molar refractivity (Wildman–Crippen MR) is 104 cm³/mol. The van der Waals surface area contributed by atoms with Crippen LogP contribution in [0.5, 0.6) is 11.6 Å². The maximum atomic E-state index is 9.75. The van der Waals surface area contributed by atoms with E-state index >= 15 is 0 Å². The van der Waals surface area contributed by atoms with Gasteiger partial charge in [0.05, 0.1) is 28.8 Å². The molecular formula is C20H15BrN4O2. The Balaban J connectivity index is 1.94. The van der Waals surface area contributed by atoms with E-state index in [1.165, 1.54) is 0 Å². The molecule has 0 spiro atoms. The van der Waals surface area contributed by atoms with Crippen LogP contribution in [-0.2, 0) is 0 Å². The van der Waals surface area contributed by atoms with Crippen molar-refractivity contribution >= 4 is 15.9 Å². The number of aromatic amines is 1. The lowest BCUT2D eigenvalue weighted by Gasteiger charge is -2.24. The first-order valence-electron chi connectivity index (χ1n) is 8.18. The van der Waals surface area contributed by atoms with Crippen molar-refractivity contribution in [3.8, 4) is 29.0 Å². The van der Waals surface area contributed by atoms with Gasteiger partial charge in [-0.15, -0.1) is 5.10 Å². The van der Waals surface area contributed by atoms with Crippen molar-refractivity contribution in [3.05, 3.63) is 75.6 Å². The second kappa shape index (κ2) is 6.82. The first kappa shape index (κ1) is 17.2. The number of hydrogen-bond acceptors (Lipinski definition) is 5. The molecule has 0 saturated carbocycles. The summed E-state index contributed by atoms with van der Waals surface area (Å²) in [6.07, 6.45) is 0. The van der Waals surface area contributed by atoms with Crippen LogP contribution in [0.15, 0.2) is 64.5 Å². The third-order valence-corrected chi connectivity index (χ3v) is 5.13. The Hall–Kier alpha value is -3.24. The predicted octanol–water partition coefficient (Wildman–Crippen LogP) is 4.07. The van der Waals surface area contributed by atoms with Gasteiger partial charge in [-0.2, -0.15) is 5.26 Å². The highest BCUT2D eigenvalue weighted by molar-refractivity contribution is 9.10. The van der Waals surface area contributed by atoms with Gasteiger partial charge in [-0.1, -0.05) is 36.4 Å². The van der Waals surface area contributed by atoms with Crippen molar-refractivity contribution in [2.45, 2.75) is 5.92 Å². The van der Waals surface area contributed by atoms with Gasteiger partial charge < -0.3 is 15.2 Å². The van der Waals surface area contributed by atoms with Crippen molar-refractivity contribution in [3.63, 3.8) is 0 Å². The van der Waals surface area contributed by atoms with Gasteiger partial charge in [-0.25, -0.2) is 0 Å². The summed E-state index contributed by atoms with van der Waals surface area (Å²) in [5.74, 6) is 0.738. The molecule has 1 atom stereocenters. The normalized spacial score (nSPS) is 15.7. The molecule has 0 radical (unpaired) electrons. The van der Waals surface area contributed by atoms with Crippen LogP contribution in [0.3, 0.4) is 0 Å². The highest BCUT2D eigenvalue weighted by Gasteiger charge is 2.35. The lowest BCUT2D eigenvalue weighted by Crippen LogP contribution is -2.21. The van der Waals surface area contributed by atoms with Crippen molar-refractivity contribution < 1.29 is 9.47 Å². The van der Waals surface area contributed by atoms with E-state index in [4.69, 9.17) is 15.2 Å². The molecule has 134 valence electrons. The van der Waals surface area contributed by atoms with Crippen LogP contribution in [0.1, 0.15) is 17.0 Å². The molecule has 1 aliphatic heterocycles. The second-order valence-corrected chi connectivity index (χ2v) is 6.86. The van der Waals surface area contributed by atoms with Crippen LogP contribution in [0.2, 0.25) is 0 Å². The van der Waals surface area contributed by atoms with E-state index in [2.05, 4.69) is 32.2 Å². The fraction of sp³-hybridized carbons (Fsp3) is 0.100. The summed E-state index contributed by atoms with van der Waals surface area (Å²) in [7, 11) is 1.61.